The van der Waals surface area contributed by atoms with E-state index in [1.54, 1.807) is 18.3 Å². The van der Waals surface area contributed by atoms with Crippen LogP contribution in [-0.4, -0.2) is 45.7 Å². The molecule has 0 spiro atoms. The Balaban J connectivity index is 1.14. The van der Waals surface area contributed by atoms with Gasteiger partial charge in [0.2, 0.25) is 5.95 Å². The van der Waals surface area contributed by atoms with Crippen molar-refractivity contribution < 1.29 is 5.11 Å². The topological polar surface area (TPSA) is 97.1 Å². The molecule has 0 amide bonds. The van der Waals surface area contributed by atoms with E-state index in [0.717, 1.165) is 35.9 Å². The third-order valence-electron chi connectivity index (χ3n) is 9.13. The molecule has 1 aliphatic heterocycles. The maximum atomic E-state index is 10.0. The molecule has 2 heterocycles. The number of nitriles is 1. The van der Waals surface area contributed by atoms with Crippen molar-refractivity contribution in [2.75, 3.05) is 30.3 Å². The number of nitrogens with zero attached hydrogens (tertiary/aromatic N) is 4. The van der Waals surface area contributed by atoms with Gasteiger partial charge in [0.25, 0.3) is 0 Å². The second-order valence-electron chi connectivity index (χ2n) is 11.5. The molecule has 0 radical (unpaired) electrons. The Kier molecular flexibility index (Phi) is 6.01. The number of anilines is 2. The van der Waals surface area contributed by atoms with Gasteiger partial charge in [-0.1, -0.05) is 24.6 Å². The normalized spacial score (nSPS) is 31.7. The second kappa shape index (κ2) is 9.31. The first-order chi connectivity index (χ1) is 17.1. The molecule has 1 aromatic carbocycles. The fraction of sp³-hybridized carbons (Fsp3) is 0.607. The molecule has 4 saturated carbocycles. The zero-order valence-electron chi connectivity index (χ0n) is 20.4. The summed E-state index contributed by atoms with van der Waals surface area (Å²) in [7, 11) is 0. The summed E-state index contributed by atoms with van der Waals surface area (Å²) >= 11 is 0. The van der Waals surface area contributed by atoms with Crippen molar-refractivity contribution in [2.45, 2.75) is 64.0 Å². The Morgan fingerprint density at radius 2 is 1.83 bits per heavy atom. The average Bonchev–Trinajstić information content (AvgIpc) is 2.87. The maximum absolute atomic E-state index is 10.0. The van der Waals surface area contributed by atoms with Crippen molar-refractivity contribution in [1.82, 2.24) is 14.9 Å². The minimum Gasteiger partial charge on any atom is -0.508 e. The van der Waals surface area contributed by atoms with Gasteiger partial charge >= 0.3 is 0 Å². The van der Waals surface area contributed by atoms with Crippen LogP contribution in [0.3, 0.4) is 0 Å². The largest absolute Gasteiger partial charge is 0.508 e. The molecule has 5 aliphatic rings. The Hall–Kier alpha value is -2.85. The molecule has 5 fully saturated rings. The van der Waals surface area contributed by atoms with Gasteiger partial charge in [-0.05, 0) is 87.3 Å². The van der Waals surface area contributed by atoms with E-state index < -0.39 is 0 Å². The van der Waals surface area contributed by atoms with Crippen LogP contribution in [0, 0.1) is 34.5 Å². The minimum absolute atomic E-state index is 0.247. The van der Waals surface area contributed by atoms with Gasteiger partial charge in [-0.25, -0.2) is 4.98 Å². The molecule has 4 aliphatic carbocycles. The quantitative estimate of drug-likeness (QED) is 0.535. The number of aromatic hydroxyl groups is 1. The number of hydrogen-bond donors (Lipinski definition) is 3. The second-order valence-corrected chi connectivity index (χ2v) is 11.5. The average molecular weight is 473 g/mol. The summed E-state index contributed by atoms with van der Waals surface area (Å²) in [5, 5.41) is 26.5. The summed E-state index contributed by atoms with van der Waals surface area (Å²) in [6, 6.07) is 10.3. The fourth-order valence-electron chi connectivity index (χ4n) is 7.98. The number of likely N-dealkylation sites (tertiary alicyclic amines) is 1. The molecule has 1 saturated heterocycles. The number of aromatic nitrogens is 2. The van der Waals surface area contributed by atoms with Crippen molar-refractivity contribution in [1.29, 1.82) is 5.26 Å². The molecule has 184 valence electrons. The molecule has 3 N–H and O–H groups in total. The van der Waals surface area contributed by atoms with Gasteiger partial charge in [0.05, 0.1) is 6.20 Å². The highest BCUT2D eigenvalue weighted by Crippen LogP contribution is 2.61. The van der Waals surface area contributed by atoms with Crippen molar-refractivity contribution in [3.05, 3.63) is 41.6 Å². The van der Waals surface area contributed by atoms with Crippen LogP contribution >= 0.6 is 0 Å². The minimum atomic E-state index is 0.247. The molecule has 5 atom stereocenters. The summed E-state index contributed by atoms with van der Waals surface area (Å²) in [4.78, 5) is 11.8. The molecule has 1 aromatic heterocycles. The van der Waals surface area contributed by atoms with Crippen LogP contribution in [0.2, 0.25) is 0 Å². The lowest BCUT2D eigenvalue weighted by atomic mass is 9.47. The number of phenolic OH excluding ortho intramolecular Hbond substituents is 1. The van der Waals surface area contributed by atoms with Crippen molar-refractivity contribution in [3.8, 4) is 11.8 Å². The predicted molar refractivity (Wildman–Crippen MR) is 136 cm³/mol. The predicted octanol–water partition coefficient (Wildman–Crippen LogP) is 4.76. The third-order valence-corrected chi connectivity index (χ3v) is 9.13. The Labute approximate surface area is 208 Å². The van der Waals surface area contributed by atoms with Gasteiger partial charge in [0.1, 0.15) is 23.2 Å². The molecular formula is C28H36N6O. The van der Waals surface area contributed by atoms with Crippen LogP contribution < -0.4 is 10.6 Å². The number of piperidine rings is 1. The van der Waals surface area contributed by atoms with Gasteiger partial charge in [-0.2, -0.15) is 10.2 Å². The summed E-state index contributed by atoms with van der Waals surface area (Å²) in [5.41, 5.74) is 1.59. The summed E-state index contributed by atoms with van der Waals surface area (Å²) in [5.74, 6) is 3.86. The highest BCUT2D eigenvalue weighted by molar-refractivity contribution is 5.53. The Morgan fingerprint density at radius 1 is 1.06 bits per heavy atom. The van der Waals surface area contributed by atoms with Crippen molar-refractivity contribution >= 4 is 11.8 Å². The van der Waals surface area contributed by atoms with E-state index in [9.17, 15) is 10.4 Å². The van der Waals surface area contributed by atoms with E-state index in [0.29, 0.717) is 29.3 Å². The van der Waals surface area contributed by atoms with Crippen LogP contribution in [-0.2, 0) is 6.54 Å². The number of para-hydroxylation sites is 1. The van der Waals surface area contributed by atoms with Crippen LogP contribution in [0.15, 0.2) is 30.5 Å². The fourth-order valence-corrected chi connectivity index (χ4v) is 7.98. The Bertz CT molecular complexity index is 1090. The van der Waals surface area contributed by atoms with E-state index in [4.69, 9.17) is 0 Å². The third kappa shape index (κ3) is 4.45. The van der Waals surface area contributed by atoms with Crippen molar-refractivity contribution in [2.24, 2.45) is 23.2 Å². The van der Waals surface area contributed by atoms with Crippen LogP contribution in [0.5, 0.6) is 5.75 Å². The summed E-state index contributed by atoms with van der Waals surface area (Å²) in [6.07, 6.45) is 12.5. The van der Waals surface area contributed by atoms with Gasteiger partial charge < -0.3 is 15.7 Å². The van der Waals surface area contributed by atoms with Gasteiger partial charge in [-0.3, -0.25) is 4.90 Å². The van der Waals surface area contributed by atoms with Gasteiger partial charge in [0.15, 0.2) is 0 Å². The molecule has 7 rings (SSSR count). The van der Waals surface area contributed by atoms with Crippen molar-refractivity contribution in [3.63, 3.8) is 0 Å². The number of rotatable bonds is 7. The van der Waals surface area contributed by atoms with Crippen LogP contribution in [0.25, 0.3) is 0 Å². The first-order valence-electron chi connectivity index (χ1n) is 13.4. The van der Waals surface area contributed by atoms with Gasteiger partial charge in [-0.15, -0.1) is 0 Å². The highest BCUT2D eigenvalue weighted by atomic mass is 16.3. The van der Waals surface area contributed by atoms with E-state index in [2.05, 4.69) is 31.6 Å². The first-order valence-corrected chi connectivity index (χ1v) is 13.4. The van der Waals surface area contributed by atoms with E-state index in [1.807, 2.05) is 12.1 Å². The monoisotopic (exact) mass is 472 g/mol. The van der Waals surface area contributed by atoms with E-state index >= 15 is 0 Å². The summed E-state index contributed by atoms with van der Waals surface area (Å²) in [6.45, 7) is 3.91. The number of nitrogens with one attached hydrogen (secondary N) is 2. The van der Waals surface area contributed by atoms with Crippen LogP contribution in [0.1, 0.15) is 62.5 Å². The Morgan fingerprint density at radius 3 is 2.57 bits per heavy atom. The van der Waals surface area contributed by atoms with E-state index in [1.165, 1.54) is 64.5 Å². The number of phenols is 1. The zero-order chi connectivity index (χ0) is 23.8. The van der Waals surface area contributed by atoms with Crippen LogP contribution in [0.4, 0.5) is 11.8 Å². The SMILES string of the molecule is N#Cc1cnc(NCc2ccccc2O)nc1NC[C@@]12CC3C[C@H](C1)[C@@H](N1CCCCC1)[C@@H](C3)C2. The molecule has 7 nitrogen and oxygen atoms in total. The molecule has 2 aromatic rings. The van der Waals surface area contributed by atoms with Gasteiger partial charge in [0, 0.05) is 24.7 Å². The highest BCUT2D eigenvalue weighted by Gasteiger charge is 2.56. The van der Waals surface area contributed by atoms with E-state index in [-0.39, 0.29) is 5.75 Å². The zero-order valence-corrected chi connectivity index (χ0v) is 20.4. The smallest absolute Gasteiger partial charge is 0.224 e. The molecular weight excluding hydrogens is 436 g/mol. The molecule has 4 bridgehead atoms. The molecule has 7 heteroatoms. The maximum Gasteiger partial charge on any atom is 0.224 e. The summed E-state index contributed by atoms with van der Waals surface area (Å²) < 4.78 is 0. The lowest BCUT2D eigenvalue weighted by Crippen LogP contribution is -2.61. The first kappa shape index (κ1) is 22.6. The lowest BCUT2D eigenvalue weighted by Gasteiger charge is -2.62. The number of benzene rings is 1. The molecule has 35 heavy (non-hydrogen) atoms. The number of hydrogen-bond acceptors (Lipinski definition) is 7. The standard InChI is InChI=1S/C28H36N6O/c29-15-23-17-31-27(30-16-20-6-2-3-7-24(20)35)33-26(23)32-18-28-12-19-10-21(13-28)25(22(11-19)14-28)34-8-4-1-5-9-34/h2-3,6-7,17,19,21-22,25,35H,1,4-5,8-14,16,18H2,(H2,30,31,32,33)/t19?,21-,22+,25-,28+. The molecule has 1 unspecified atom stereocenters. The lowest BCUT2D eigenvalue weighted by molar-refractivity contribution is -0.110.